The largest absolute Gasteiger partial charge is 0.197 e. The van der Waals surface area contributed by atoms with Crippen LogP contribution >= 0.6 is 23.2 Å². The summed E-state index contributed by atoms with van der Waals surface area (Å²) in [4.78, 5) is 0. The molecule has 0 spiro atoms. The summed E-state index contributed by atoms with van der Waals surface area (Å²) in [5.41, 5.74) is 0.845. The van der Waals surface area contributed by atoms with Gasteiger partial charge in [-0.25, -0.2) is 0 Å². The first-order valence-corrected chi connectivity index (χ1v) is 9.60. The van der Waals surface area contributed by atoms with E-state index in [4.69, 9.17) is 23.2 Å². The minimum Gasteiger partial charge on any atom is -0.197 e. The van der Waals surface area contributed by atoms with Gasteiger partial charge in [0.15, 0.2) is 5.41 Å². The molecule has 0 saturated heterocycles. The van der Waals surface area contributed by atoms with Gasteiger partial charge in [0.2, 0.25) is 0 Å². The van der Waals surface area contributed by atoms with Crippen LogP contribution in [0.2, 0.25) is 10.0 Å². The number of benzene rings is 2. The lowest BCUT2D eigenvalue weighted by atomic mass is 9.56. The van der Waals surface area contributed by atoms with Crippen LogP contribution in [0, 0.1) is 50.7 Å². The summed E-state index contributed by atoms with van der Waals surface area (Å²) in [6.07, 6.45) is 0.562. The lowest BCUT2D eigenvalue weighted by Crippen LogP contribution is -2.37. The summed E-state index contributed by atoms with van der Waals surface area (Å²) in [5.74, 6) is -1.04. The molecule has 0 N–H and O–H groups in total. The molecule has 1 fully saturated rings. The average molecular weight is 417 g/mol. The van der Waals surface area contributed by atoms with E-state index in [1.807, 2.05) is 12.1 Å². The van der Waals surface area contributed by atoms with E-state index >= 15 is 0 Å². The Kier molecular flexibility index (Phi) is 5.92. The summed E-state index contributed by atoms with van der Waals surface area (Å²) in [7, 11) is 0. The molecule has 1 aliphatic rings. The van der Waals surface area contributed by atoms with Gasteiger partial charge in [0.05, 0.1) is 12.1 Å². The van der Waals surface area contributed by atoms with Gasteiger partial charge in [0, 0.05) is 21.9 Å². The molecule has 2 aromatic rings. The van der Waals surface area contributed by atoms with E-state index in [9.17, 15) is 21.0 Å². The Morgan fingerprint density at radius 3 is 1.41 bits per heavy atom. The van der Waals surface area contributed by atoms with Crippen molar-refractivity contribution < 1.29 is 0 Å². The predicted molar refractivity (Wildman–Crippen MR) is 110 cm³/mol. The maximum Gasteiger partial charge on any atom is 0.158 e. The van der Waals surface area contributed by atoms with Crippen LogP contribution in [-0.2, 0) is 0 Å². The molecule has 0 unspecified atom stereocenters. The highest BCUT2D eigenvalue weighted by Crippen LogP contribution is 2.56. The summed E-state index contributed by atoms with van der Waals surface area (Å²) in [5, 5.41) is 40.3. The van der Waals surface area contributed by atoms with Crippen LogP contribution < -0.4 is 0 Å². The molecule has 3 rings (SSSR count). The second kappa shape index (κ2) is 8.39. The Bertz CT molecular complexity index is 1030. The lowest BCUT2D eigenvalue weighted by molar-refractivity contribution is 0.289. The van der Waals surface area contributed by atoms with Crippen LogP contribution in [-0.4, -0.2) is 0 Å². The van der Waals surface area contributed by atoms with Gasteiger partial charge in [-0.3, -0.25) is 0 Å². The van der Waals surface area contributed by atoms with Gasteiger partial charge in [-0.2, -0.15) is 21.0 Å². The molecular formula is C23H14Cl2N4. The fourth-order valence-electron chi connectivity index (χ4n) is 4.02. The summed E-state index contributed by atoms with van der Waals surface area (Å²) >= 11 is 12.0. The van der Waals surface area contributed by atoms with E-state index in [-0.39, 0.29) is 18.4 Å². The highest BCUT2D eigenvalue weighted by atomic mass is 35.5. The van der Waals surface area contributed by atoms with E-state index in [2.05, 4.69) is 12.1 Å². The number of hydrogen-bond donors (Lipinski definition) is 0. The molecule has 0 heterocycles. The van der Waals surface area contributed by atoms with Gasteiger partial charge in [0.25, 0.3) is 0 Å². The zero-order valence-electron chi connectivity index (χ0n) is 15.2. The van der Waals surface area contributed by atoms with Crippen molar-refractivity contribution >= 4 is 23.2 Å². The molecule has 6 heteroatoms. The molecule has 4 nitrogen and oxygen atoms in total. The molecule has 0 aliphatic heterocycles. The molecule has 29 heavy (non-hydrogen) atoms. The zero-order valence-corrected chi connectivity index (χ0v) is 16.7. The zero-order chi connectivity index (χ0) is 21.0. The van der Waals surface area contributed by atoms with Crippen LogP contribution in [0.1, 0.15) is 35.8 Å². The Labute approximate surface area is 179 Å². The van der Waals surface area contributed by atoms with Crippen LogP contribution in [0.25, 0.3) is 0 Å². The topological polar surface area (TPSA) is 95.2 Å². The standard InChI is InChI=1S/C23H14Cl2N4/c24-19-5-1-15(2-6-19)21-9-17(18(11-26)12-27)10-22(23(21,13-28)14-29)16-3-7-20(25)8-4-16/h1-8,21-22H,9-10H2/t21-,22+. The highest BCUT2D eigenvalue weighted by molar-refractivity contribution is 6.30. The van der Waals surface area contributed by atoms with Crippen molar-refractivity contribution in [3.8, 4) is 24.3 Å². The van der Waals surface area contributed by atoms with E-state index in [1.54, 1.807) is 48.5 Å². The third kappa shape index (κ3) is 3.70. The van der Waals surface area contributed by atoms with Crippen LogP contribution in [0.15, 0.2) is 59.7 Å². The van der Waals surface area contributed by atoms with Gasteiger partial charge in [0.1, 0.15) is 17.7 Å². The molecule has 0 aromatic heterocycles. The number of rotatable bonds is 2. The van der Waals surface area contributed by atoms with Gasteiger partial charge < -0.3 is 0 Å². The van der Waals surface area contributed by atoms with E-state index in [0.29, 0.717) is 15.6 Å². The normalized spacial score (nSPS) is 19.9. The Morgan fingerprint density at radius 1 is 0.724 bits per heavy atom. The molecule has 1 saturated carbocycles. The first kappa shape index (κ1) is 20.5. The smallest absolute Gasteiger partial charge is 0.158 e. The molecule has 2 aromatic carbocycles. The Hall–Kier alpha value is -3.28. The first-order chi connectivity index (χ1) is 14.0. The number of nitriles is 4. The van der Waals surface area contributed by atoms with E-state index < -0.39 is 17.3 Å². The third-order valence-corrected chi connectivity index (χ3v) is 6.00. The van der Waals surface area contributed by atoms with Crippen molar-refractivity contribution in [3.63, 3.8) is 0 Å². The second-order valence-corrected chi connectivity index (χ2v) is 7.78. The molecular weight excluding hydrogens is 403 g/mol. The van der Waals surface area contributed by atoms with E-state index in [1.165, 1.54) is 0 Å². The second-order valence-electron chi connectivity index (χ2n) is 6.91. The van der Waals surface area contributed by atoms with Crippen LogP contribution in [0.4, 0.5) is 0 Å². The third-order valence-electron chi connectivity index (χ3n) is 5.49. The minimum absolute atomic E-state index is 0.0346. The van der Waals surface area contributed by atoms with E-state index in [0.717, 1.165) is 11.1 Å². The van der Waals surface area contributed by atoms with Crippen LogP contribution in [0.5, 0.6) is 0 Å². The summed E-state index contributed by atoms with van der Waals surface area (Å²) in [6.45, 7) is 0. The Morgan fingerprint density at radius 2 is 1.10 bits per heavy atom. The number of hydrogen-bond acceptors (Lipinski definition) is 4. The van der Waals surface area contributed by atoms with Crippen molar-refractivity contribution in [2.24, 2.45) is 5.41 Å². The number of nitrogens with zero attached hydrogens (tertiary/aromatic N) is 4. The minimum atomic E-state index is -1.37. The monoisotopic (exact) mass is 416 g/mol. The van der Waals surface area contributed by atoms with Crippen molar-refractivity contribution in [2.75, 3.05) is 0 Å². The van der Waals surface area contributed by atoms with Crippen LogP contribution in [0.3, 0.4) is 0 Å². The fraction of sp³-hybridized carbons (Fsp3) is 0.217. The molecule has 0 bridgehead atoms. The summed E-state index contributed by atoms with van der Waals surface area (Å²) < 4.78 is 0. The van der Waals surface area contributed by atoms with Crippen molar-refractivity contribution in [3.05, 3.63) is 80.8 Å². The maximum atomic E-state index is 10.2. The van der Waals surface area contributed by atoms with Crippen molar-refractivity contribution in [2.45, 2.75) is 24.7 Å². The molecule has 1 aliphatic carbocycles. The maximum absolute atomic E-state index is 10.2. The predicted octanol–water partition coefficient (Wildman–Crippen LogP) is 6.03. The van der Waals surface area contributed by atoms with Gasteiger partial charge in [-0.15, -0.1) is 0 Å². The van der Waals surface area contributed by atoms with Crippen molar-refractivity contribution in [1.82, 2.24) is 0 Å². The van der Waals surface area contributed by atoms with Gasteiger partial charge in [-0.1, -0.05) is 47.5 Å². The Balaban J connectivity index is 2.26. The highest BCUT2D eigenvalue weighted by Gasteiger charge is 2.52. The van der Waals surface area contributed by atoms with Crippen molar-refractivity contribution in [1.29, 1.82) is 21.0 Å². The quantitative estimate of drug-likeness (QED) is 0.557. The SMILES string of the molecule is N#CC(C#N)=C1C[C@H](c2ccc(Cl)cc2)C(C#N)(C#N)[C@H](c2ccc(Cl)cc2)C1. The van der Waals surface area contributed by atoms with Gasteiger partial charge >= 0.3 is 0 Å². The van der Waals surface area contributed by atoms with Gasteiger partial charge in [-0.05, 0) is 53.8 Å². The molecule has 0 radical (unpaired) electrons. The number of allylic oxidation sites excluding steroid dienone is 2. The summed E-state index contributed by atoms with van der Waals surface area (Å²) in [6, 6.07) is 22.5. The first-order valence-electron chi connectivity index (χ1n) is 8.84. The average Bonchev–Trinajstić information content (AvgIpc) is 2.75. The molecule has 2 atom stereocenters. The molecule has 140 valence electrons. The number of halogens is 2. The fourth-order valence-corrected chi connectivity index (χ4v) is 4.27. The molecule has 0 amide bonds. The lowest BCUT2D eigenvalue weighted by Gasteiger charge is -2.42.